The Labute approximate surface area is 395 Å². The lowest BCUT2D eigenvalue weighted by molar-refractivity contribution is 0.668. The van der Waals surface area contributed by atoms with E-state index in [1.807, 2.05) is 29.5 Å². The minimum atomic E-state index is 0.887. The molecule has 2 nitrogen and oxygen atoms in total. The van der Waals surface area contributed by atoms with E-state index in [0.29, 0.717) is 0 Å². The van der Waals surface area contributed by atoms with Crippen molar-refractivity contribution < 1.29 is 8.83 Å². The third kappa shape index (κ3) is 5.51. The predicted octanol–water partition coefficient (Wildman–Crippen LogP) is 19.5. The number of benzene rings is 11. The molecule has 3 heteroatoms. The van der Waals surface area contributed by atoms with E-state index >= 15 is 0 Å². The van der Waals surface area contributed by atoms with Crippen LogP contribution < -0.4 is 0 Å². The van der Waals surface area contributed by atoms with E-state index in [1.54, 1.807) is 0 Å². The lowest BCUT2D eigenvalue weighted by Gasteiger charge is -2.21. The van der Waals surface area contributed by atoms with Crippen LogP contribution in [0.25, 0.3) is 147 Å². The topological polar surface area (TPSA) is 26.3 Å². The summed E-state index contributed by atoms with van der Waals surface area (Å²) in [7, 11) is 0. The van der Waals surface area contributed by atoms with Crippen LogP contribution in [-0.2, 0) is 0 Å². The van der Waals surface area contributed by atoms with Gasteiger partial charge in [0, 0.05) is 47.3 Å². The molecule has 0 spiro atoms. The summed E-state index contributed by atoms with van der Waals surface area (Å²) in [6.45, 7) is 6.40. The standard InChI is InChI=1S/C65H40O2S/c1-3-4-19-39-38(2)58(40-20-5-6-21-41(40)59(39)48-28-16-35-55-62(48)46-26-11-13-33-53(46)66-55)51-31-15-32-52-64-50(30-18-37-57(64)68-65(51)52)61-44-24-9-7-22-42(44)60(43-23-8-10-25-45(43)61)49-29-17-36-56-63(49)47-27-12-14-34-54(47)67-56/h3-37H,1H2,2H3/b19-4-. The molecule has 14 aromatic rings. The molecule has 0 amide bonds. The van der Waals surface area contributed by atoms with Crippen molar-refractivity contribution in [1.82, 2.24) is 0 Å². The lowest BCUT2D eigenvalue weighted by Crippen LogP contribution is -1.96. The maximum absolute atomic E-state index is 6.45. The van der Waals surface area contributed by atoms with Gasteiger partial charge >= 0.3 is 0 Å². The molecule has 0 bridgehead atoms. The molecule has 0 saturated carbocycles. The Balaban J connectivity index is 1.04. The molecular weight excluding hydrogens is 845 g/mol. The highest BCUT2D eigenvalue weighted by molar-refractivity contribution is 7.26. The molecule has 68 heavy (non-hydrogen) atoms. The summed E-state index contributed by atoms with van der Waals surface area (Å²) in [5, 5.41) is 14.4. The smallest absolute Gasteiger partial charge is 0.136 e. The summed E-state index contributed by atoms with van der Waals surface area (Å²) in [4.78, 5) is 0. The Kier molecular flexibility index (Phi) is 8.55. The zero-order valence-corrected chi connectivity index (χ0v) is 38.0. The van der Waals surface area contributed by atoms with Crippen molar-refractivity contribution in [2.24, 2.45) is 0 Å². The monoisotopic (exact) mass is 884 g/mol. The van der Waals surface area contributed by atoms with Gasteiger partial charge in [0.05, 0.1) is 0 Å². The normalized spacial score (nSPS) is 12.2. The molecule has 14 rings (SSSR count). The van der Waals surface area contributed by atoms with E-state index in [4.69, 9.17) is 8.83 Å². The summed E-state index contributed by atoms with van der Waals surface area (Å²) in [5.41, 5.74) is 15.7. The minimum absolute atomic E-state index is 0.887. The van der Waals surface area contributed by atoms with E-state index in [0.717, 1.165) is 49.4 Å². The fraction of sp³-hybridized carbons (Fsp3) is 0.0154. The molecule has 0 aliphatic heterocycles. The predicted molar refractivity (Wildman–Crippen MR) is 292 cm³/mol. The van der Waals surface area contributed by atoms with Gasteiger partial charge in [0.2, 0.25) is 0 Å². The second kappa shape index (κ2) is 15.0. The van der Waals surface area contributed by atoms with Crippen molar-refractivity contribution in [3.63, 3.8) is 0 Å². The molecule has 11 aromatic carbocycles. The van der Waals surface area contributed by atoms with Crippen LogP contribution in [0.3, 0.4) is 0 Å². The van der Waals surface area contributed by atoms with Crippen LogP contribution in [0.1, 0.15) is 11.1 Å². The molecule has 0 aliphatic carbocycles. The van der Waals surface area contributed by atoms with E-state index in [2.05, 4.69) is 208 Å². The van der Waals surface area contributed by atoms with Crippen molar-refractivity contribution in [1.29, 1.82) is 0 Å². The Morgan fingerprint density at radius 2 is 0.765 bits per heavy atom. The Morgan fingerprint density at radius 3 is 1.31 bits per heavy atom. The van der Waals surface area contributed by atoms with E-state index in [-0.39, 0.29) is 0 Å². The maximum atomic E-state index is 6.45. The average Bonchev–Trinajstić information content (AvgIpc) is 4.09. The van der Waals surface area contributed by atoms with Crippen molar-refractivity contribution in [3.05, 3.63) is 224 Å². The molecular formula is C65H40O2S. The van der Waals surface area contributed by atoms with Gasteiger partial charge < -0.3 is 8.83 Å². The maximum Gasteiger partial charge on any atom is 0.136 e. The highest BCUT2D eigenvalue weighted by atomic mass is 32.1. The second-order valence-electron chi connectivity index (χ2n) is 17.8. The van der Waals surface area contributed by atoms with Gasteiger partial charge in [0.1, 0.15) is 22.3 Å². The van der Waals surface area contributed by atoms with Gasteiger partial charge in [-0.1, -0.05) is 189 Å². The van der Waals surface area contributed by atoms with Crippen molar-refractivity contribution in [3.8, 4) is 44.5 Å². The van der Waals surface area contributed by atoms with Gasteiger partial charge in [-0.2, -0.15) is 0 Å². The largest absolute Gasteiger partial charge is 0.456 e. The van der Waals surface area contributed by atoms with Gasteiger partial charge in [-0.3, -0.25) is 0 Å². The first-order valence-corrected chi connectivity index (χ1v) is 24.0. The van der Waals surface area contributed by atoms with Crippen molar-refractivity contribution >= 4 is 114 Å². The molecule has 0 N–H and O–H groups in total. The molecule has 0 unspecified atom stereocenters. The van der Waals surface area contributed by atoms with Crippen LogP contribution in [0.15, 0.2) is 222 Å². The Bertz CT molecular complexity index is 4420. The molecule has 3 heterocycles. The number of thiophene rings is 1. The zero-order chi connectivity index (χ0) is 45.0. The van der Waals surface area contributed by atoms with E-state index < -0.39 is 0 Å². The fourth-order valence-electron chi connectivity index (χ4n) is 11.5. The first-order valence-electron chi connectivity index (χ1n) is 23.2. The van der Waals surface area contributed by atoms with Gasteiger partial charge in [-0.15, -0.1) is 11.3 Å². The number of para-hydroxylation sites is 2. The highest BCUT2D eigenvalue weighted by Gasteiger charge is 2.25. The number of hydrogen-bond acceptors (Lipinski definition) is 3. The second-order valence-corrected chi connectivity index (χ2v) is 18.8. The fourth-order valence-corrected chi connectivity index (χ4v) is 12.8. The van der Waals surface area contributed by atoms with Crippen LogP contribution in [0.4, 0.5) is 0 Å². The van der Waals surface area contributed by atoms with Crippen LogP contribution in [0.5, 0.6) is 0 Å². The van der Waals surface area contributed by atoms with E-state index in [1.165, 1.54) is 103 Å². The molecule has 0 radical (unpaired) electrons. The first kappa shape index (κ1) is 38.7. The third-order valence-corrected chi connectivity index (χ3v) is 15.5. The molecule has 3 aromatic heterocycles. The van der Waals surface area contributed by atoms with Crippen LogP contribution >= 0.6 is 11.3 Å². The zero-order valence-electron chi connectivity index (χ0n) is 37.1. The average molecular weight is 885 g/mol. The Hall–Kier alpha value is -8.50. The van der Waals surface area contributed by atoms with Crippen molar-refractivity contribution in [2.45, 2.75) is 6.92 Å². The summed E-state index contributed by atoms with van der Waals surface area (Å²) in [6, 6.07) is 70.5. The van der Waals surface area contributed by atoms with Crippen molar-refractivity contribution in [2.75, 3.05) is 0 Å². The quantitative estimate of drug-likeness (QED) is 0.123. The summed E-state index contributed by atoms with van der Waals surface area (Å²) in [5.74, 6) is 0. The molecule has 318 valence electrons. The molecule has 0 aliphatic rings. The summed E-state index contributed by atoms with van der Waals surface area (Å²) >= 11 is 1.90. The van der Waals surface area contributed by atoms with Gasteiger partial charge in [-0.25, -0.2) is 0 Å². The lowest BCUT2D eigenvalue weighted by atomic mass is 9.82. The summed E-state index contributed by atoms with van der Waals surface area (Å²) < 4.78 is 15.4. The minimum Gasteiger partial charge on any atom is -0.456 e. The molecule has 0 atom stereocenters. The number of allylic oxidation sites excluding steroid dienone is 2. The SMILES string of the molecule is C=C/C=C\c1c(C)c(-c2cccc3c2sc2cccc(-c4c5ccccc5c(-c5cccc6oc7ccccc7c56)c5ccccc45)c23)c2ccccc2c1-c1cccc2oc3ccccc3c12. The number of hydrogen-bond donors (Lipinski definition) is 0. The van der Waals surface area contributed by atoms with Crippen LogP contribution in [0, 0.1) is 6.92 Å². The summed E-state index contributed by atoms with van der Waals surface area (Å²) in [6.07, 6.45) is 6.19. The molecule has 0 saturated heterocycles. The third-order valence-electron chi connectivity index (χ3n) is 14.2. The van der Waals surface area contributed by atoms with Gasteiger partial charge in [0.25, 0.3) is 0 Å². The van der Waals surface area contributed by atoms with Crippen LogP contribution in [-0.4, -0.2) is 0 Å². The highest BCUT2D eigenvalue weighted by Crippen LogP contribution is 2.53. The van der Waals surface area contributed by atoms with Gasteiger partial charge in [0.15, 0.2) is 0 Å². The molecule has 0 fully saturated rings. The number of furan rings is 2. The van der Waals surface area contributed by atoms with Crippen LogP contribution in [0.2, 0.25) is 0 Å². The number of rotatable bonds is 6. The van der Waals surface area contributed by atoms with E-state index in [9.17, 15) is 0 Å². The Morgan fingerprint density at radius 1 is 0.368 bits per heavy atom. The van der Waals surface area contributed by atoms with Gasteiger partial charge in [-0.05, 0) is 120 Å². The first-order chi connectivity index (χ1) is 33.7. The number of fused-ring (bicyclic) bond motifs is 12.